The number of amides is 1. The SMILES string of the molecule is Cn1ncc(Br)c1CNC(=O)c1n[nH]c(Br)c1Br. The van der Waals surface area contributed by atoms with Crippen LogP contribution in [0.2, 0.25) is 0 Å². The maximum atomic E-state index is 11.9. The van der Waals surface area contributed by atoms with Crippen LogP contribution in [-0.4, -0.2) is 25.9 Å². The minimum absolute atomic E-state index is 0.267. The molecule has 2 rings (SSSR count). The summed E-state index contributed by atoms with van der Waals surface area (Å²) in [7, 11) is 1.81. The molecule has 0 aromatic carbocycles. The summed E-state index contributed by atoms with van der Waals surface area (Å²) in [6.45, 7) is 0.368. The first-order chi connectivity index (χ1) is 8.50. The first kappa shape index (κ1) is 13.8. The molecule has 0 fully saturated rings. The van der Waals surface area contributed by atoms with E-state index in [-0.39, 0.29) is 5.91 Å². The van der Waals surface area contributed by atoms with Crippen molar-refractivity contribution in [3.8, 4) is 0 Å². The highest BCUT2D eigenvalue weighted by Crippen LogP contribution is 2.23. The van der Waals surface area contributed by atoms with Gasteiger partial charge in [0, 0.05) is 7.05 Å². The Balaban J connectivity index is 2.07. The Hall–Kier alpha value is -0.670. The topological polar surface area (TPSA) is 75.6 Å². The average Bonchev–Trinajstić information content (AvgIpc) is 2.82. The average molecular weight is 442 g/mol. The molecule has 2 N–H and O–H groups in total. The van der Waals surface area contributed by atoms with Gasteiger partial charge < -0.3 is 5.32 Å². The number of aromatic nitrogens is 4. The lowest BCUT2D eigenvalue weighted by molar-refractivity contribution is 0.0944. The molecule has 0 aliphatic heterocycles. The van der Waals surface area contributed by atoms with Crippen molar-refractivity contribution in [1.29, 1.82) is 0 Å². The lowest BCUT2D eigenvalue weighted by Crippen LogP contribution is -2.25. The van der Waals surface area contributed by atoms with Crippen LogP contribution in [0.3, 0.4) is 0 Å². The Morgan fingerprint density at radius 3 is 2.72 bits per heavy atom. The molecule has 0 saturated carbocycles. The van der Waals surface area contributed by atoms with E-state index in [0.29, 0.717) is 21.3 Å². The second kappa shape index (κ2) is 5.54. The van der Waals surface area contributed by atoms with E-state index in [2.05, 4.69) is 68.4 Å². The maximum absolute atomic E-state index is 11.9. The molecule has 1 amide bonds. The zero-order valence-electron chi connectivity index (χ0n) is 9.17. The van der Waals surface area contributed by atoms with Gasteiger partial charge in [-0.15, -0.1) is 0 Å². The summed E-state index contributed by atoms with van der Waals surface area (Å²) in [4.78, 5) is 11.9. The first-order valence-electron chi connectivity index (χ1n) is 4.84. The molecule has 0 aliphatic rings. The smallest absolute Gasteiger partial charge is 0.273 e. The Labute approximate surface area is 128 Å². The standard InChI is InChI=1S/C9H8Br3N5O/c1-17-5(4(10)2-14-17)3-13-9(18)7-6(11)8(12)16-15-7/h2H,3H2,1H3,(H,13,18)(H,15,16). The van der Waals surface area contributed by atoms with Crippen molar-refractivity contribution in [2.75, 3.05) is 0 Å². The molecule has 0 aliphatic carbocycles. The molecule has 9 heteroatoms. The van der Waals surface area contributed by atoms with Gasteiger partial charge in [0.15, 0.2) is 5.69 Å². The molecule has 2 aromatic heterocycles. The fraction of sp³-hybridized carbons (Fsp3) is 0.222. The number of aromatic amines is 1. The third-order valence-electron chi connectivity index (χ3n) is 2.31. The molecule has 0 spiro atoms. The van der Waals surface area contributed by atoms with Gasteiger partial charge in [-0.25, -0.2) is 0 Å². The number of nitrogens with one attached hydrogen (secondary N) is 2. The number of hydrogen-bond donors (Lipinski definition) is 2. The van der Waals surface area contributed by atoms with E-state index in [1.807, 2.05) is 7.05 Å². The van der Waals surface area contributed by atoms with Crippen molar-refractivity contribution in [2.45, 2.75) is 6.54 Å². The molecule has 96 valence electrons. The molecule has 0 bridgehead atoms. The zero-order chi connectivity index (χ0) is 13.3. The van der Waals surface area contributed by atoms with Crippen molar-refractivity contribution in [1.82, 2.24) is 25.3 Å². The maximum Gasteiger partial charge on any atom is 0.273 e. The van der Waals surface area contributed by atoms with Crippen molar-refractivity contribution in [3.63, 3.8) is 0 Å². The number of halogens is 3. The monoisotopic (exact) mass is 439 g/mol. The lowest BCUT2D eigenvalue weighted by atomic mass is 10.3. The van der Waals surface area contributed by atoms with Gasteiger partial charge in [-0.05, 0) is 47.8 Å². The van der Waals surface area contributed by atoms with Gasteiger partial charge in [0.05, 0.1) is 27.4 Å². The van der Waals surface area contributed by atoms with Crippen LogP contribution in [0.25, 0.3) is 0 Å². The molecule has 18 heavy (non-hydrogen) atoms. The third kappa shape index (κ3) is 2.67. The van der Waals surface area contributed by atoms with E-state index in [1.165, 1.54) is 0 Å². The van der Waals surface area contributed by atoms with E-state index in [4.69, 9.17) is 0 Å². The van der Waals surface area contributed by atoms with E-state index >= 15 is 0 Å². The molecular weight excluding hydrogens is 434 g/mol. The number of nitrogens with zero attached hydrogens (tertiary/aromatic N) is 3. The van der Waals surface area contributed by atoms with Crippen molar-refractivity contribution in [3.05, 3.63) is 31.1 Å². The van der Waals surface area contributed by atoms with Crippen molar-refractivity contribution in [2.24, 2.45) is 7.05 Å². The summed E-state index contributed by atoms with van der Waals surface area (Å²) in [6.07, 6.45) is 1.68. The highest BCUT2D eigenvalue weighted by molar-refractivity contribution is 9.13. The number of carbonyl (C=O) groups is 1. The Morgan fingerprint density at radius 2 is 2.22 bits per heavy atom. The Kier molecular flexibility index (Phi) is 4.23. The van der Waals surface area contributed by atoms with Crippen LogP contribution in [0.1, 0.15) is 16.2 Å². The summed E-state index contributed by atoms with van der Waals surface area (Å²) >= 11 is 9.87. The van der Waals surface area contributed by atoms with E-state index in [1.54, 1.807) is 10.9 Å². The summed E-state index contributed by atoms with van der Waals surface area (Å²) in [5, 5.41) is 13.4. The molecule has 0 atom stereocenters. The van der Waals surface area contributed by atoms with Crippen molar-refractivity contribution >= 4 is 53.7 Å². The minimum atomic E-state index is -0.267. The van der Waals surface area contributed by atoms with Gasteiger partial charge in [0.2, 0.25) is 0 Å². The predicted molar refractivity (Wildman–Crippen MR) is 76.1 cm³/mol. The lowest BCUT2D eigenvalue weighted by Gasteiger charge is -2.05. The number of carbonyl (C=O) groups excluding carboxylic acids is 1. The van der Waals surface area contributed by atoms with E-state index in [0.717, 1.165) is 10.2 Å². The van der Waals surface area contributed by atoms with Crippen molar-refractivity contribution < 1.29 is 4.79 Å². The third-order valence-corrected chi connectivity index (χ3v) is 4.85. The van der Waals surface area contributed by atoms with Crippen LogP contribution >= 0.6 is 47.8 Å². The molecule has 0 unspecified atom stereocenters. The molecule has 0 saturated heterocycles. The normalized spacial score (nSPS) is 10.7. The number of H-pyrrole nitrogens is 1. The highest BCUT2D eigenvalue weighted by atomic mass is 79.9. The molecule has 2 heterocycles. The molecule has 0 radical (unpaired) electrons. The molecule has 6 nitrogen and oxygen atoms in total. The predicted octanol–water partition coefficient (Wildman–Crippen LogP) is 2.36. The van der Waals surface area contributed by atoms with Gasteiger partial charge in [-0.1, -0.05) is 0 Å². The van der Waals surface area contributed by atoms with Crippen LogP contribution in [0.5, 0.6) is 0 Å². The van der Waals surface area contributed by atoms with Crippen LogP contribution in [0.4, 0.5) is 0 Å². The number of aryl methyl sites for hydroxylation is 1. The van der Waals surface area contributed by atoms with Crippen LogP contribution in [-0.2, 0) is 13.6 Å². The second-order valence-corrected chi connectivity index (χ2v) is 5.89. The Bertz CT molecular complexity index is 572. The highest BCUT2D eigenvalue weighted by Gasteiger charge is 2.17. The van der Waals surface area contributed by atoms with Gasteiger partial charge in [0.1, 0.15) is 4.60 Å². The summed E-state index contributed by atoms with van der Waals surface area (Å²) in [6, 6.07) is 0. The summed E-state index contributed by atoms with van der Waals surface area (Å²) in [5.74, 6) is -0.267. The molecule has 2 aromatic rings. The fourth-order valence-corrected chi connectivity index (χ4v) is 2.46. The van der Waals surface area contributed by atoms with Crippen LogP contribution in [0.15, 0.2) is 19.7 Å². The largest absolute Gasteiger partial charge is 0.345 e. The van der Waals surface area contributed by atoms with Crippen LogP contribution < -0.4 is 5.32 Å². The number of rotatable bonds is 3. The second-order valence-electron chi connectivity index (χ2n) is 3.45. The first-order valence-corrected chi connectivity index (χ1v) is 7.22. The van der Waals surface area contributed by atoms with E-state index < -0.39 is 0 Å². The zero-order valence-corrected chi connectivity index (χ0v) is 13.9. The number of hydrogen-bond acceptors (Lipinski definition) is 3. The minimum Gasteiger partial charge on any atom is -0.345 e. The fourth-order valence-electron chi connectivity index (χ4n) is 1.34. The quantitative estimate of drug-likeness (QED) is 0.767. The van der Waals surface area contributed by atoms with Gasteiger partial charge in [-0.3, -0.25) is 14.6 Å². The Morgan fingerprint density at radius 1 is 1.50 bits per heavy atom. The summed E-state index contributed by atoms with van der Waals surface area (Å²) in [5.41, 5.74) is 1.19. The van der Waals surface area contributed by atoms with Gasteiger partial charge in [0.25, 0.3) is 5.91 Å². The summed E-state index contributed by atoms with van der Waals surface area (Å²) < 4.78 is 3.78. The van der Waals surface area contributed by atoms with Gasteiger partial charge in [-0.2, -0.15) is 10.2 Å². The van der Waals surface area contributed by atoms with Crippen LogP contribution in [0, 0.1) is 0 Å². The van der Waals surface area contributed by atoms with E-state index in [9.17, 15) is 4.79 Å². The molecular formula is C9H8Br3N5O. The van der Waals surface area contributed by atoms with Gasteiger partial charge >= 0.3 is 0 Å².